The third-order valence-corrected chi connectivity index (χ3v) is 7.23. The molecule has 30 heavy (non-hydrogen) atoms. The molecule has 1 aliphatic heterocycles. The number of aryl methyl sites for hydroxylation is 1. The molecule has 5 rings (SSSR count). The molecule has 2 aromatic carbocycles. The lowest BCUT2D eigenvalue weighted by atomic mass is 9.71. The fourth-order valence-corrected chi connectivity index (χ4v) is 5.55. The largest absolute Gasteiger partial charge is 0.457 e. The average molecular weight is 402 g/mol. The monoisotopic (exact) mass is 401 g/mol. The van der Waals surface area contributed by atoms with Gasteiger partial charge in [0.2, 0.25) is 11.8 Å². The van der Waals surface area contributed by atoms with Crippen molar-refractivity contribution in [1.29, 1.82) is 0 Å². The number of hydrogen-bond donors (Lipinski definition) is 0. The van der Waals surface area contributed by atoms with Gasteiger partial charge in [-0.2, -0.15) is 0 Å². The molecule has 2 fully saturated rings. The summed E-state index contributed by atoms with van der Waals surface area (Å²) in [5.41, 5.74) is 2.32. The van der Waals surface area contributed by atoms with Crippen LogP contribution in [0.4, 0.5) is 5.69 Å². The first-order valence-electron chi connectivity index (χ1n) is 10.8. The number of rotatable bonds is 4. The number of hydrogen-bond acceptors (Lipinski definition) is 3. The first-order chi connectivity index (χ1) is 14.3. The number of nitrogens with zero attached hydrogens (tertiary/aromatic N) is 1. The summed E-state index contributed by atoms with van der Waals surface area (Å²) in [6, 6.07) is 13.5. The number of allylic oxidation sites excluding steroid dienone is 2. The number of anilines is 1. The van der Waals surface area contributed by atoms with Gasteiger partial charge in [0, 0.05) is 0 Å². The van der Waals surface area contributed by atoms with Crippen LogP contribution in [0.5, 0.6) is 11.5 Å². The summed E-state index contributed by atoms with van der Waals surface area (Å²) in [4.78, 5) is 27.8. The van der Waals surface area contributed by atoms with Crippen LogP contribution in [0, 0.1) is 30.1 Å². The van der Waals surface area contributed by atoms with Crippen LogP contribution in [0.1, 0.15) is 44.2 Å². The molecule has 2 bridgehead atoms. The van der Waals surface area contributed by atoms with Gasteiger partial charge in [-0.15, -0.1) is 0 Å². The van der Waals surface area contributed by atoms with Gasteiger partial charge in [0.1, 0.15) is 11.5 Å². The predicted octanol–water partition coefficient (Wildman–Crippen LogP) is 5.61. The van der Waals surface area contributed by atoms with Crippen LogP contribution >= 0.6 is 0 Å². The summed E-state index contributed by atoms with van der Waals surface area (Å²) >= 11 is 0. The van der Waals surface area contributed by atoms with Crippen LogP contribution < -0.4 is 9.64 Å². The number of fused-ring (bicyclic) bond motifs is 5. The number of ether oxygens (including phenoxy) is 1. The van der Waals surface area contributed by atoms with Crippen molar-refractivity contribution in [3.63, 3.8) is 0 Å². The molecular formula is C26H27NO3. The van der Waals surface area contributed by atoms with Gasteiger partial charge in [-0.05, 0) is 79.5 Å². The van der Waals surface area contributed by atoms with Crippen molar-refractivity contribution in [2.75, 3.05) is 4.90 Å². The van der Waals surface area contributed by atoms with E-state index in [2.05, 4.69) is 38.1 Å². The second-order valence-electron chi connectivity index (χ2n) is 9.42. The molecule has 4 atom stereocenters. The van der Waals surface area contributed by atoms with Crippen molar-refractivity contribution >= 4 is 17.5 Å². The number of carbonyl (C=O) groups is 2. The Bertz CT molecular complexity index is 1070. The molecule has 0 N–H and O–H groups in total. The zero-order chi connectivity index (χ0) is 21.2. The van der Waals surface area contributed by atoms with E-state index in [1.54, 1.807) is 0 Å². The van der Waals surface area contributed by atoms with Gasteiger partial charge in [-0.1, -0.05) is 38.1 Å². The molecule has 2 aromatic rings. The van der Waals surface area contributed by atoms with E-state index in [0.29, 0.717) is 17.4 Å². The van der Waals surface area contributed by atoms with Gasteiger partial charge < -0.3 is 4.74 Å². The maximum absolute atomic E-state index is 13.3. The SMILES string of the molecule is Cc1ccc(C(C)C)c(Oc2ccc(N3C(=O)[C@@H]4[C@@H]5C=C[C@@H](C5)[C@@]4(C)C3=O)cc2)c1. The summed E-state index contributed by atoms with van der Waals surface area (Å²) in [6.07, 6.45) is 5.17. The van der Waals surface area contributed by atoms with Gasteiger partial charge >= 0.3 is 0 Å². The van der Waals surface area contributed by atoms with Crippen molar-refractivity contribution in [2.45, 2.75) is 40.0 Å². The van der Waals surface area contributed by atoms with E-state index in [9.17, 15) is 9.59 Å². The van der Waals surface area contributed by atoms with Crippen molar-refractivity contribution in [2.24, 2.45) is 23.2 Å². The summed E-state index contributed by atoms with van der Waals surface area (Å²) in [6.45, 7) is 8.30. The molecule has 0 unspecified atom stereocenters. The Balaban J connectivity index is 1.41. The molecule has 1 saturated carbocycles. The highest BCUT2D eigenvalue weighted by atomic mass is 16.5. The smallest absolute Gasteiger partial charge is 0.241 e. The molecule has 1 heterocycles. The highest BCUT2D eigenvalue weighted by molar-refractivity contribution is 6.24. The Hall–Kier alpha value is -2.88. The van der Waals surface area contributed by atoms with Gasteiger partial charge in [-0.25, -0.2) is 4.90 Å². The minimum Gasteiger partial charge on any atom is -0.457 e. The van der Waals surface area contributed by atoms with Gasteiger partial charge in [0.25, 0.3) is 0 Å². The first-order valence-corrected chi connectivity index (χ1v) is 10.8. The molecule has 3 aliphatic rings. The van der Waals surface area contributed by atoms with Crippen molar-refractivity contribution in [1.82, 2.24) is 0 Å². The fraction of sp³-hybridized carbons (Fsp3) is 0.385. The molecule has 1 saturated heterocycles. The number of carbonyl (C=O) groups excluding carboxylic acids is 2. The minimum atomic E-state index is -0.598. The fourth-order valence-electron chi connectivity index (χ4n) is 5.55. The lowest BCUT2D eigenvalue weighted by Gasteiger charge is -2.28. The number of imide groups is 1. The highest BCUT2D eigenvalue weighted by Crippen LogP contribution is 2.60. The van der Waals surface area contributed by atoms with E-state index in [1.165, 1.54) is 4.90 Å². The molecule has 0 spiro atoms. The Morgan fingerprint density at radius 3 is 2.47 bits per heavy atom. The maximum atomic E-state index is 13.3. The quantitative estimate of drug-likeness (QED) is 0.494. The molecule has 4 nitrogen and oxygen atoms in total. The zero-order valence-corrected chi connectivity index (χ0v) is 17.9. The van der Waals surface area contributed by atoms with Crippen molar-refractivity contribution < 1.29 is 14.3 Å². The second kappa shape index (κ2) is 6.56. The molecular weight excluding hydrogens is 374 g/mol. The molecule has 2 aliphatic carbocycles. The number of benzene rings is 2. The first kappa shape index (κ1) is 19.1. The van der Waals surface area contributed by atoms with Gasteiger partial charge in [-0.3, -0.25) is 9.59 Å². The summed E-state index contributed by atoms with van der Waals surface area (Å²) in [5.74, 6) is 1.90. The zero-order valence-electron chi connectivity index (χ0n) is 17.9. The van der Waals surface area contributed by atoms with E-state index in [-0.39, 0.29) is 29.6 Å². The van der Waals surface area contributed by atoms with E-state index in [1.807, 2.05) is 44.2 Å². The second-order valence-corrected chi connectivity index (χ2v) is 9.42. The Kier molecular flexibility index (Phi) is 4.18. The lowest BCUT2D eigenvalue weighted by Crippen LogP contribution is -2.37. The van der Waals surface area contributed by atoms with Crippen LogP contribution in [-0.4, -0.2) is 11.8 Å². The van der Waals surface area contributed by atoms with Gasteiger partial charge in [0.15, 0.2) is 0 Å². The third kappa shape index (κ3) is 2.59. The van der Waals surface area contributed by atoms with E-state index >= 15 is 0 Å². The Labute approximate surface area is 177 Å². The molecule has 0 radical (unpaired) electrons. The predicted molar refractivity (Wildman–Crippen MR) is 117 cm³/mol. The Morgan fingerprint density at radius 1 is 1.07 bits per heavy atom. The van der Waals surface area contributed by atoms with Crippen LogP contribution in [0.3, 0.4) is 0 Å². The summed E-state index contributed by atoms with van der Waals surface area (Å²) in [5, 5.41) is 0. The average Bonchev–Trinajstić information content (AvgIpc) is 3.34. The highest BCUT2D eigenvalue weighted by Gasteiger charge is 2.67. The van der Waals surface area contributed by atoms with Crippen molar-refractivity contribution in [3.8, 4) is 11.5 Å². The van der Waals surface area contributed by atoms with Crippen LogP contribution in [0.15, 0.2) is 54.6 Å². The normalized spacial score (nSPS) is 29.2. The number of amides is 2. The van der Waals surface area contributed by atoms with Crippen LogP contribution in [-0.2, 0) is 9.59 Å². The van der Waals surface area contributed by atoms with E-state index in [4.69, 9.17) is 4.74 Å². The van der Waals surface area contributed by atoms with Crippen molar-refractivity contribution in [3.05, 3.63) is 65.7 Å². The minimum absolute atomic E-state index is 0.0613. The maximum Gasteiger partial charge on any atom is 0.241 e. The van der Waals surface area contributed by atoms with Crippen LogP contribution in [0.25, 0.3) is 0 Å². The van der Waals surface area contributed by atoms with E-state index in [0.717, 1.165) is 23.3 Å². The Morgan fingerprint density at radius 2 is 1.80 bits per heavy atom. The molecule has 2 amide bonds. The molecule has 4 heteroatoms. The standard InChI is InChI=1S/C26H27NO3/c1-15(2)21-12-5-16(3)13-22(21)30-20-10-8-19(9-11-20)27-24(28)23-17-6-7-18(14-17)26(23,4)25(27)29/h5-13,15,17-18,23H,14H2,1-4H3/t17-,18+,23+,26-/m1/s1. The molecule has 154 valence electrons. The summed E-state index contributed by atoms with van der Waals surface area (Å²) < 4.78 is 6.16. The molecule has 0 aromatic heterocycles. The van der Waals surface area contributed by atoms with Gasteiger partial charge in [0.05, 0.1) is 17.0 Å². The third-order valence-electron chi connectivity index (χ3n) is 7.23. The van der Waals surface area contributed by atoms with Crippen LogP contribution in [0.2, 0.25) is 0 Å². The van der Waals surface area contributed by atoms with E-state index < -0.39 is 5.41 Å². The topological polar surface area (TPSA) is 46.6 Å². The summed E-state index contributed by atoms with van der Waals surface area (Å²) in [7, 11) is 0. The lowest BCUT2D eigenvalue weighted by molar-refractivity contribution is -0.127.